The van der Waals surface area contributed by atoms with E-state index in [1.807, 2.05) is 0 Å². The molecule has 6 rings (SSSR count). The van der Waals surface area contributed by atoms with E-state index in [4.69, 9.17) is 0 Å². The van der Waals surface area contributed by atoms with Crippen LogP contribution in [-0.4, -0.2) is 9.35 Å². The number of rotatable bonds is 1. The van der Waals surface area contributed by atoms with Gasteiger partial charge in [-0.2, -0.15) is 0 Å². The summed E-state index contributed by atoms with van der Waals surface area (Å²) in [4.78, 5) is 0. The Bertz CT molecular complexity index is 1270. The number of fused-ring (bicyclic) bond motifs is 6. The third-order valence-electron chi connectivity index (χ3n) is 5.31. The van der Waals surface area contributed by atoms with Crippen LogP contribution in [0.2, 0.25) is 0 Å². The Balaban J connectivity index is 0.000000366. The van der Waals surface area contributed by atoms with Gasteiger partial charge in [0.1, 0.15) is 0 Å². The number of nitrogens with zero attached hydrogens (tertiary/aromatic N) is 2. The maximum absolute atomic E-state index is 2.36. The summed E-state index contributed by atoms with van der Waals surface area (Å²) in [5.41, 5.74) is 4.89. The van der Waals surface area contributed by atoms with Gasteiger partial charge in [-0.3, -0.25) is 0 Å². The fourth-order valence-electron chi connectivity index (χ4n) is 4.23. The first-order chi connectivity index (χ1) is 18.6. The average molecular weight is 509 g/mol. The first kappa shape index (κ1) is 30.7. The van der Waals surface area contributed by atoms with Crippen molar-refractivity contribution in [2.75, 3.05) is 0 Å². The van der Waals surface area contributed by atoms with Gasteiger partial charge in [-0.15, -0.1) is 0 Å². The van der Waals surface area contributed by atoms with Crippen LogP contribution in [0.1, 0.15) is 81.1 Å². The van der Waals surface area contributed by atoms with Crippen LogP contribution in [-0.2, 0) is 0 Å². The Labute approximate surface area is 230 Å². The average Bonchev–Trinajstić information content (AvgIpc) is 3.43. The predicted molar refractivity (Wildman–Crippen MR) is 174 cm³/mol. The Hall–Kier alpha value is -3.52. The van der Waals surface area contributed by atoms with Crippen molar-refractivity contribution in [1.29, 1.82) is 0 Å². The second-order valence-electron chi connectivity index (χ2n) is 9.52. The summed E-state index contributed by atoms with van der Waals surface area (Å²) in [7, 11) is 0. The van der Waals surface area contributed by atoms with E-state index >= 15 is 0 Å². The SMILES string of the molecule is CCC.CCC.CCC.CCC.c1ccc2c(c1)c1ccccc1n2-n1c2ccccc2c2ccccc21. The highest BCUT2D eigenvalue weighted by Crippen LogP contribution is 2.34. The molecule has 0 aliphatic rings. The summed E-state index contributed by atoms with van der Waals surface area (Å²) < 4.78 is 4.71. The van der Waals surface area contributed by atoms with Gasteiger partial charge in [0.25, 0.3) is 0 Å². The molecule has 2 heteroatoms. The number of para-hydroxylation sites is 4. The van der Waals surface area contributed by atoms with Crippen LogP contribution in [0.4, 0.5) is 0 Å². The normalized spacial score (nSPS) is 10.0. The summed E-state index contributed by atoms with van der Waals surface area (Å²) >= 11 is 0. The number of hydrogen-bond donors (Lipinski definition) is 0. The lowest BCUT2D eigenvalue weighted by Crippen LogP contribution is -2.08. The standard InChI is InChI=1S/C24H16N2.4C3H8/c1-5-13-21-17(9-1)18-10-2-6-14-22(18)25(21)26-23-15-7-3-11-19(23)20-12-4-8-16-24(20)26;4*1-3-2/h1-16H;4*3H2,1-2H3. The molecule has 0 radical (unpaired) electrons. The van der Waals surface area contributed by atoms with Crippen molar-refractivity contribution in [3.05, 3.63) is 97.1 Å². The highest BCUT2D eigenvalue weighted by molar-refractivity contribution is 6.11. The molecule has 0 fully saturated rings. The molecule has 2 nitrogen and oxygen atoms in total. The van der Waals surface area contributed by atoms with Crippen molar-refractivity contribution in [3.63, 3.8) is 0 Å². The van der Waals surface area contributed by atoms with Crippen LogP contribution in [0, 0.1) is 0 Å². The van der Waals surface area contributed by atoms with Gasteiger partial charge in [0.2, 0.25) is 0 Å². The van der Waals surface area contributed by atoms with Gasteiger partial charge in [-0.1, -0.05) is 154 Å². The maximum atomic E-state index is 2.36. The van der Waals surface area contributed by atoms with Crippen LogP contribution in [0.3, 0.4) is 0 Å². The summed E-state index contributed by atoms with van der Waals surface area (Å²) in [5, 5.41) is 5.13. The maximum Gasteiger partial charge on any atom is 0.0716 e. The molecule has 0 bridgehead atoms. The van der Waals surface area contributed by atoms with Gasteiger partial charge >= 0.3 is 0 Å². The van der Waals surface area contributed by atoms with Crippen molar-refractivity contribution in [2.45, 2.75) is 81.1 Å². The molecule has 0 aliphatic carbocycles. The summed E-state index contributed by atoms with van der Waals surface area (Å²) in [6.07, 6.45) is 5.00. The monoisotopic (exact) mass is 508 g/mol. The molecule has 38 heavy (non-hydrogen) atoms. The number of benzene rings is 4. The van der Waals surface area contributed by atoms with Gasteiger partial charge in [-0.05, 0) is 24.3 Å². The van der Waals surface area contributed by atoms with Gasteiger partial charge < -0.3 is 0 Å². The van der Waals surface area contributed by atoms with E-state index in [1.165, 1.54) is 69.3 Å². The zero-order valence-corrected chi connectivity index (χ0v) is 25.0. The summed E-state index contributed by atoms with van der Waals surface area (Å²) in [5.74, 6) is 0. The van der Waals surface area contributed by atoms with E-state index in [-0.39, 0.29) is 0 Å². The minimum Gasteiger partial charge on any atom is -0.248 e. The summed E-state index contributed by atoms with van der Waals surface area (Å²) in [6, 6.07) is 34.6. The Morgan fingerprint density at radius 2 is 0.474 bits per heavy atom. The molecule has 202 valence electrons. The van der Waals surface area contributed by atoms with Gasteiger partial charge in [0, 0.05) is 21.5 Å². The van der Waals surface area contributed by atoms with E-state index in [0.717, 1.165) is 0 Å². The molecule has 4 aromatic carbocycles. The van der Waals surface area contributed by atoms with E-state index < -0.39 is 0 Å². The zero-order valence-electron chi connectivity index (χ0n) is 25.0. The van der Waals surface area contributed by atoms with Crippen molar-refractivity contribution in [1.82, 2.24) is 9.35 Å². The van der Waals surface area contributed by atoms with E-state index in [1.54, 1.807) is 0 Å². The quantitative estimate of drug-likeness (QED) is 0.209. The highest BCUT2D eigenvalue weighted by atomic mass is 15.5. The van der Waals surface area contributed by atoms with Crippen LogP contribution in [0.25, 0.3) is 43.6 Å². The van der Waals surface area contributed by atoms with Gasteiger partial charge in [0.15, 0.2) is 0 Å². The zero-order chi connectivity index (χ0) is 27.9. The second-order valence-corrected chi connectivity index (χ2v) is 9.52. The van der Waals surface area contributed by atoms with Crippen molar-refractivity contribution >= 4 is 43.6 Å². The molecule has 0 amide bonds. The molecular formula is C36H48N2. The molecule has 0 atom stereocenters. The van der Waals surface area contributed by atoms with Crippen LogP contribution in [0.15, 0.2) is 97.1 Å². The lowest BCUT2D eigenvalue weighted by molar-refractivity contribution is 0.775. The van der Waals surface area contributed by atoms with Gasteiger partial charge in [-0.25, -0.2) is 9.35 Å². The first-order valence-electron chi connectivity index (χ1n) is 14.6. The molecule has 0 spiro atoms. The van der Waals surface area contributed by atoms with Crippen molar-refractivity contribution in [2.24, 2.45) is 0 Å². The third-order valence-corrected chi connectivity index (χ3v) is 5.31. The molecule has 6 aromatic rings. The largest absolute Gasteiger partial charge is 0.248 e. The van der Waals surface area contributed by atoms with E-state index in [0.29, 0.717) is 0 Å². The molecular weight excluding hydrogens is 460 g/mol. The Morgan fingerprint density at radius 1 is 0.316 bits per heavy atom. The second kappa shape index (κ2) is 16.3. The van der Waals surface area contributed by atoms with E-state index in [9.17, 15) is 0 Å². The van der Waals surface area contributed by atoms with Crippen molar-refractivity contribution < 1.29 is 0 Å². The fourth-order valence-corrected chi connectivity index (χ4v) is 4.23. The molecule has 2 aromatic heterocycles. The number of hydrogen-bond acceptors (Lipinski definition) is 0. The highest BCUT2D eigenvalue weighted by Gasteiger charge is 2.16. The smallest absolute Gasteiger partial charge is 0.0716 e. The lowest BCUT2D eigenvalue weighted by atomic mass is 10.2. The molecule has 0 saturated heterocycles. The van der Waals surface area contributed by atoms with Crippen molar-refractivity contribution in [3.8, 4) is 0 Å². The van der Waals surface area contributed by atoms with Crippen LogP contribution >= 0.6 is 0 Å². The van der Waals surface area contributed by atoms with Crippen LogP contribution < -0.4 is 0 Å². The number of aromatic nitrogens is 2. The third kappa shape index (κ3) is 6.86. The minimum absolute atomic E-state index is 1.22. The fraction of sp³-hybridized carbons (Fsp3) is 0.333. The Kier molecular flexibility index (Phi) is 13.2. The first-order valence-corrected chi connectivity index (χ1v) is 14.6. The summed E-state index contributed by atoms with van der Waals surface area (Å²) in [6.45, 7) is 17.0. The molecule has 0 unspecified atom stereocenters. The molecule has 0 saturated carbocycles. The van der Waals surface area contributed by atoms with Crippen LogP contribution in [0.5, 0.6) is 0 Å². The Morgan fingerprint density at radius 3 is 0.658 bits per heavy atom. The molecule has 2 heterocycles. The molecule has 0 N–H and O–H groups in total. The topological polar surface area (TPSA) is 9.86 Å². The lowest BCUT2D eigenvalue weighted by Gasteiger charge is -2.12. The minimum atomic E-state index is 1.22. The predicted octanol–water partition coefficient (Wildman–Crippen LogP) is 11.9. The molecule has 0 aliphatic heterocycles. The van der Waals surface area contributed by atoms with Gasteiger partial charge in [0.05, 0.1) is 22.1 Å². The van der Waals surface area contributed by atoms with E-state index in [2.05, 4.69) is 162 Å².